The lowest BCUT2D eigenvalue weighted by atomic mass is 10.1. The van der Waals surface area contributed by atoms with Crippen LogP contribution < -0.4 is 5.73 Å². The van der Waals surface area contributed by atoms with Crippen LogP contribution >= 0.6 is 0 Å². The number of rotatable bonds is 2. The normalized spacial score (nSPS) is 18.7. The van der Waals surface area contributed by atoms with Crippen molar-refractivity contribution in [1.82, 2.24) is 20.0 Å². The topological polar surface area (TPSA) is 102 Å². The largest absolute Gasteiger partial charge is 0.444 e. The SMILES string of the molecule is CC(C)(C)OC(=O)N1CCN(C(=O)c2ccnnc2)C(CN)C1. The van der Waals surface area contributed by atoms with Crippen molar-refractivity contribution in [3.63, 3.8) is 0 Å². The minimum absolute atomic E-state index is 0.154. The summed E-state index contributed by atoms with van der Waals surface area (Å²) >= 11 is 0. The Bertz CT molecular complexity index is 558. The standard InChI is InChI=1S/C15H23N5O3/c1-15(2,3)23-14(22)19-6-7-20(12(8-16)10-19)13(21)11-4-5-17-18-9-11/h4-5,9,12H,6-8,10,16H2,1-3H3. The first-order chi connectivity index (χ1) is 10.8. The molecular weight excluding hydrogens is 298 g/mol. The summed E-state index contributed by atoms with van der Waals surface area (Å²) in [5.41, 5.74) is 5.71. The maximum absolute atomic E-state index is 12.5. The van der Waals surface area contributed by atoms with Crippen molar-refractivity contribution in [1.29, 1.82) is 0 Å². The lowest BCUT2D eigenvalue weighted by Crippen LogP contribution is -2.59. The van der Waals surface area contributed by atoms with Crippen molar-refractivity contribution < 1.29 is 14.3 Å². The van der Waals surface area contributed by atoms with Gasteiger partial charge in [-0.05, 0) is 26.8 Å². The van der Waals surface area contributed by atoms with E-state index in [1.165, 1.54) is 12.4 Å². The molecule has 126 valence electrons. The Morgan fingerprint density at radius 3 is 2.65 bits per heavy atom. The van der Waals surface area contributed by atoms with Gasteiger partial charge in [-0.3, -0.25) is 4.79 Å². The highest BCUT2D eigenvalue weighted by Crippen LogP contribution is 2.16. The predicted octanol–water partition coefficient (Wildman–Crippen LogP) is 0.497. The van der Waals surface area contributed by atoms with Crippen molar-refractivity contribution in [3.05, 3.63) is 24.0 Å². The van der Waals surface area contributed by atoms with E-state index in [1.54, 1.807) is 15.9 Å². The zero-order chi connectivity index (χ0) is 17.0. The number of nitrogens with two attached hydrogens (primary N) is 1. The second-order valence-corrected chi connectivity index (χ2v) is 6.45. The Labute approximate surface area is 135 Å². The first kappa shape index (κ1) is 17.1. The fourth-order valence-corrected chi connectivity index (χ4v) is 2.40. The molecule has 23 heavy (non-hydrogen) atoms. The van der Waals surface area contributed by atoms with E-state index in [-0.39, 0.29) is 24.6 Å². The molecule has 0 saturated carbocycles. The molecule has 1 unspecified atom stereocenters. The van der Waals surface area contributed by atoms with E-state index in [4.69, 9.17) is 10.5 Å². The van der Waals surface area contributed by atoms with E-state index >= 15 is 0 Å². The third-order valence-electron chi connectivity index (χ3n) is 3.50. The number of aromatic nitrogens is 2. The molecule has 0 radical (unpaired) electrons. The minimum Gasteiger partial charge on any atom is -0.444 e. The van der Waals surface area contributed by atoms with Gasteiger partial charge in [0.2, 0.25) is 0 Å². The molecule has 1 aliphatic heterocycles. The molecule has 2 amide bonds. The maximum Gasteiger partial charge on any atom is 0.410 e. The van der Waals surface area contributed by atoms with Crippen molar-refractivity contribution in [3.8, 4) is 0 Å². The Morgan fingerprint density at radius 1 is 1.35 bits per heavy atom. The van der Waals surface area contributed by atoms with Crippen LogP contribution in [0.15, 0.2) is 18.5 Å². The van der Waals surface area contributed by atoms with Gasteiger partial charge in [-0.25, -0.2) is 4.79 Å². The molecular formula is C15H23N5O3. The molecule has 8 nitrogen and oxygen atoms in total. The van der Waals surface area contributed by atoms with Crippen LogP contribution in [-0.2, 0) is 4.74 Å². The maximum atomic E-state index is 12.5. The van der Waals surface area contributed by atoms with Gasteiger partial charge in [0.05, 0.1) is 24.0 Å². The van der Waals surface area contributed by atoms with E-state index in [1.807, 2.05) is 20.8 Å². The Morgan fingerprint density at radius 2 is 2.09 bits per heavy atom. The number of nitrogens with zero attached hydrogens (tertiary/aromatic N) is 4. The van der Waals surface area contributed by atoms with E-state index < -0.39 is 5.60 Å². The van der Waals surface area contributed by atoms with Crippen LogP contribution in [0.1, 0.15) is 31.1 Å². The fourth-order valence-electron chi connectivity index (χ4n) is 2.40. The van der Waals surface area contributed by atoms with E-state index in [0.29, 0.717) is 25.2 Å². The summed E-state index contributed by atoms with van der Waals surface area (Å²) in [4.78, 5) is 28.0. The number of carbonyl (C=O) groups excluding carboxylic acids is 2. The number of amides is 2. The lowest BCUT2D eigenvalue weighted by molar-refractivity contribution is 0.00526. The molecule has 0 aromatic carbocycles. The van der Waals surface area contributed by atoms with Gasteiger partial charge >= 0.3 is 6.09 Å². The molecule has 1 saturated heterocycles. The van der Waals surface area contributed by atoms with Gasteiger partial charge in [-0.1, -0.05) is 0 Å². The van der Waals surface area contributed by atoms with Gasteiger partial charge in [0, 0.05) is 26.2 Å². The lowest BCUT2D eigenvalue weighted by Gasteiger charge is -2.41. The molecule has 1 aliphatic rings. The smallest absolute Gasteiger partial charge is 0.410 e. The fraction of sp³-hybridized carbons (Fsp3) is 0.600. The minimum atomic E-state index is -0.551. The quantitative estimate of drug-likeness (QED) is 0.851. The average molecular weight is 321 g/mol. The second-order valence-electron chi connectivity index (χ2n) is 6.45. The zero-order valence-corrected chi connectivity index (χ0v) is 13.7. The van der Waals surface area contributed by atoms with Crippen molar-refractivity contribution in [2.45, 2.75) is 32.4 Å². The summed E-state index contributed by atoms with van der Waals surface area (Å²) in [6.07, 6.45) is 2.52. The van der Waals surface area contributed by atoms with Crippen LogP contribution in [-0.4, -0.2) is 69.8 Å². The van der Waals surface area contributed by atoms with Crippen LogP contribution in [0.2, 0.25) is 0 Å². The van der Waals surface area contributed by atoms with Gasteiger partial charge in [0.15, 0.2) is 0 Å². The van der Waals surface area contributed by atoms with Crippen LogP contribution in [0.3, 0.4) is 0 Å². The van der Waals surface area contributed by atoms with E-state index in [9.17, 15) is 9.59 Å². The molecule has 0 spiro atoms. The first-order valence-corrected chi connectivity index (χ1v) is 7.57. The summed E-state index contributed by atoms with van der Waals surface area (Å²) in [5.74, 6) is -0.154. The van der Waals surface area contributed by atoms with Gasteiger partial charge in [-0.2, -0.15) is 10.2 Å². The van der Waals surface area contributed by atoms with Crippen LogP contribution in [0.4, 0.5) is 4.79 Å². The molecule has 8 heteroatoms. The van der Waals surface area contributed by atoms with Gasteiger partial charge in [0.25, 0.3) is 5.91 Å². The molecule has 0 aliphatic carbocycles. The van der Waals surface area contributed by atoms with E-state index in [2.05, 4.69) is 10.2 Å². The van der Waals surface area contributed by atoms with Gasteiger partial charge in [-0.15, -0.1) is 0 Å². The third-order valence-corrected chi connectivity index (χ3v) is 3.50. The Balaban J connectivity index is 2.05. The predicted molar refractivity (Wildman–Crippen MR) is 83.7 cm³/mol. The molecule has 2 N–H and O–H groups in total. The molecule has 1 fully saturated rings. The van der Waals surface area contributed by atoms with Crippen LogP contribution in [0.25, 0.3) is 0 Å². The Hall–Kier alpha value is -2.22. The molecule has 1 atom stereocenters. The number of hydrogen-bond acceptors (Lipinski definition) is 6. The highest BCUT2D eigenvalue weighted by atomic mass is 16.6. The number of carbonyl (C=O) groups is 2. The highest BCUT2D eigenvalue weighted by Gasteiger charge is 2.34. The average Bonchev–Trinajstić information content (AvgIpc) is 2.52. The summed E-state index contributed by atoms with van der Waals surface area (Å²) in [5, 5.41) is 7.39. The Kier molecular flexibility index (Phi) is 5.15. The second kappa shape index (κ2) is 6.91. The highest BCUT2D eigenvalue weighted by molar-refractivity contribution is 5.94. The summed E-state index contributed by atoms with van der Waals surface area (Å²) in [7, 11) is 0. The summed E-state index contributed by atoms with van der Waals surface area (Å²) < 4.78 is 5.37. The van der Waals surface area contributed by atoms with Crippen molar-refractivity contribution in [2.75, 3.05) is 26.2 Å². The number of piperazine rings is 1. The molecule has 0 bridgehead atoms. The van der Waals surface area contributed by atoms with Crippen molar-refractivity contribution in [2.24, 2.45) is 5.73 Å². The van der Waals surface area contributed by atoms with Gasteiger partial charge < -0.3 is 20.3 Å². The number of hydrogen-bond donors (Lipinski definition) is 1. The van der Waals surface area contributed by atoms with Gasteiger partial charge in [0.1, 0.15) is 5.60 Å². The van der Waals surface area contributed by atoms with Crippen molar-refractivity contribution >= 4 is 12.0 Å². The number of ether oxygens (including phenoxy) is 1. The zero-order valence-electron chi connectivity index (χ0n) is 13.7. The van der Waals surface area contributed by atoms with Crippen LogP contribution in [0, 0.1) is 0 Å². The molecule has 1 aromatic rings. The third kappa shape index (κ3) is 4.38. The monoisotopic (exact) mass is 321 g/mol. The summed E-state index contributed by atoms with van der Waals surface area (Å²) in [6.45, 7) is 6.90. The summed E-state index contributed by atoms with van der Waals surface area (Å²) in [6, 6.07) is 1.36. The molecule has 2 rings (SSSR count). The first-order valence-electron chi connectivity index (χ1n) is 7.57. The molecule has 2 heterocycles. The van der Waals surface area contributed by atoms with Crippen LogP contribution in [0.5, 0.6) is 0 Å². The molecule has 1 aromatic heterocycles. The van der Waals surface area contributed by atoms with E-state index in [0.717, 1.165) is 0 Å².